The van der Waals surface area contributed by atoms with E-state index in [9.17, 15) is 0 Å². The molecule has 0 N–H and O–H groups in total. The molecular formula is C14H25N. The summed E-state index contributed by atoms with van der Waals surface area (Å²) in [6.45, 7) is 21.5. The highest BCUT2D eigenvalue weighted by Crippen LogP contribution is 2.11. The smallest absolute Gasteiger partial charge is 0.0277 e. The molecular weight excluding hydrogens is 182 g/mol. The molecule has 0 amide bonds. The van der Waals surface area contributed by atoms with Gasteiger partial charge in [-0.3, -0.25) is 4.99 Å². The maximum absolute atomic E-state index is 3.92. The second kappa shape index (κ2) is 15.1. The molecule has 0 aliphatic heterocycles. The van der Waals surface area contributed by atoms with Gasteiger partial charge in [-0.15, -0.1) is 13.2 Å². The summed E-state index contributed by atoms with van der Waals surface area (Å²) < 4.78 is 0. The van der Waals surface area contributed by atoms with Crippen molar-refractivity contribution in [1.82, 2.24) is 0 Å². The molecule has 0 aromatic rings. The van der Waals surface area contributed by atoms with Crippen LogP contribution in [-0.2, 0) is 0 Å². The van der Waals surface area contributed by atoms with Crippen LogP contribution in [0.15, 0.2) is 54.1 Å². The summed E-state index contributed by atoms with van der Waals surface area (Å²) in [6.07, 6.45) is 3.62. The van der Waals surface area contributed by atoms with Gasteiger partial charge in [-0.2, -0.15) is 0 Å². The number of hydrogen-bond acceptors (Lipinski definition) is 1. The third-order valence-corrected chi connectivity index (χ3v) is 1.41. The van der Waals surface area contributed by atoms with Crippen LogP contribution in [0.4, 0.5) is 0 Å². The third kappa shape index (κ3) is 10.6. The van der Waals surface area contributed by atoms with Gasteiger partial charge in [-0.1, -0.05) is 38.7 Å². The highest BCUT2D eigenvalue weighted by atomic mass is 14.6. The highest BCUT2D eigenvalue weighted by molar-refractivity contribution is 5.81. The van der Waals surface area contributed by atoms with Crippen molar-refractivity contribution in [2.75, 3.05) is 7.05 Å². The van der Waals surface area contributed by atoms with Crippen LogP contribution < -0.4 is 0 Å². The summed E-state index contributed by atoms with van der Waals surface area (Å²) in [5, 5.41) is 0. The molecule has 0 spiro atoms. The Morgan fingerprint density at radius 3 is 1.73 bits per heavy atom. The summed E-state index contributed by atoms with van der Waals surface area (Å²) in [6, 6.07) is 0. The Balaban J connectivity index is -0.000000318. The minimum absolute atomic E-state index is 1.03. The second-order valence-electron chi connectivity index (χ2n) is 2.47. The van der Waals surface area contributed by atoms with Gasteiger partial charge in [-0.25, -0.2) is 0 Å². The molecule has 0 fully saturated rings. The zero-order valence-electron chi connectivity index (χ0n) is 10.9. The van der Waals surface area contributed by atoms with Gasteiger partial charge in [0.25, 0.3) is 0 Å². The Hall–Kier alpha value is -1.37. The topological polar surface area (TPSA) is 12.4 Å². The zero-order valence-corrected chi connectivity index (χ0v) is 10.9. The van der Waals surface area contributed by atoms with Crippen LogP contribution in [0.3, 0.4) is 0 Å². The number of nitrogens with zero attached hydrogens (tertiary/aromatic N) is 1. The number of hydrogen-bond donors (Lipinski definition) is 0. The first kappa shape index (κ1) is 19.2. The highest BCUT2D eigenvalue weighted by Gasteiger charge is 1.95. The molecule has 1 heteroatoms. The monoisotopic (exact) mass is 207 g/mol. The predicted molar refractivity (Wildman–Crippen MR) is 74.7 cm³/mol. The van der Waals surface area contributed by atoms with Crippen LogP contribution in [0.5, 0.6) is 0 Å². The first-order valence-corrected chi connectivity index (χ1v) is 5.04. The van der Waals surface area contributed by atoms with E-state index in [1.54, 1.807) is 13.1 Å². The molecule has 0 aromatic heterocycles. The minimum Gasteiger partial charge on any atom is -0.296 e. The van der Waals surface area contributed by atoms with Crippen molar-refractivity contribution in [2.24, 2.45) is 4.99 Å². The fourth-order valence-corrected chi connectivity index (χ4v) is 0.935. The van der Waals surface area contributed by atoms with Gasteiger partial charge in [0.05, 0.1) is 0 Å². The van der Waals surface area contributed by atoms with Crippen molar-refractivity contribution >= 4 is 6.21 Å². The molecule has 0 heterocycles. The molecule has 0 aliphatic carbocycles. The Bertz CT molecular complexity index is 232. The quantitative estimate of drug-likeness (QED) is 0.364. The van der Waals surface area contributed by atoms with Crippen LogP contribution in [0, 0.1) is 0 Å². The molecule has 0 aromatic carbocycles. The largest absolute Gasteiger partial charge is 0.296 e. The molecule has 0 atom stereocenters. The summed E-state index contributed by atoms with van der Waals surface area (Å²) in [4.78, 5) is 3.92. The Labute approximate surface area is 95.6 Å². The molecule has 0 aliphatic rings. The molecule has 1 nitrogen and oxygen atoms in total. The average Bonchev–Trinajstić information content (AvgIpc) is 2.24. The van der Waals surface area contributed by atoms with Gasteiger partial charge < -0.3 is 0 Å². The van der Waals surface area contributed by atoms with E-state index < -0.39 is 0 Å². The number of aliphatic imine (C=N–C) groups is 1. The van der Waals surface area contributed by atoms with Crippen molar-refractivity contribution in [3.05, 3.63) is 49.1 Å². The van der Waals surface area contributed by atoms with Crippen molar-refractivity contribution in [1.29, 1.82) is 0 Å². The maximum Gasteiger partial charge on any atom is 0.0277 e. The third-order valence-electron chi connectivity index (χ3n) is 1.41. The first-order valence-electron chi connectivity index (χ1n) is 5.04. The molecule has 0 saturated carbocycles. The van der Waals surface area contributed by atoms with E-state index >= 15 is 0 Å². The van der Waals surface area contributed by atoms with Crippen molar-refractivity contribution in [3.63, 3.8) is 0 Å². The van der Waals surface area contributed by atoms with Crippen molar-refractivity contribution in [3.8, 4) is 0 Å². The van der Waals surface area contributed by atoms with E-state index in [4.69, 9.17) is 0 Å². The fourth-order valence-electron chi connectivity index (χ4n) is 0.935. The van der Waals surface area contributed by atoms with E-state index in [0.29, 0.717) is 0 Å². The Morgan fingerprint density at radius 1 is 1.13 bits per heavy atom. The van der Waals surface area contributed by atoms with Crippen LogP contribution >= 0.6 is 0 Å². The van der Waals surface area contributed by atoms with Gasteiger partial charge >= 0.3 is 0 Å². The minimum atomic E-state index is 1.03. The maximum atomic E-state index is 3.92. The van der Waals surface area contributed by atoms with Crippen LogP contribution in [0.2, 0.25) is 0 Å². The van der Waals surface area contributed by atoms with Crippen LogP contribution in [-0.4, -0.2) is 13.3 Å². The van der Waals surface area contributed by atoms with Gasteiger partial charge in [0.15, 0.2) is 0 Å². The summed E-state index contributed by atoms with van der Waals surface area (Å²) in [5.74, 6) is 0. The van der Waals surface area contributed by atoms with Crippen LogP contribution in [0.1, 0.15) is 27.7 Å². The molecule has 0 bridgehead atoms. The number of allylic oxidation sites excluding steroid dienone is 4. The summed E-state index contributed by atoms with van der Waals surface area (Å²) >= 11 is 0. The first-order chi connectivity index (χ1) is 7.13. The summed E-state index contributed by atoms with van der Waals surface area (Å²) in [7, 11) is 1.75. The normalized spacial score (nSPS) is 10.2. The molecule has 0 rings (SSSR count). The van der Waals surface area contributed by atoms with Gasteiger partial charge in [0.2, 0.25) is 0 Å². The lowest BCUT2D eigenvalue weighted by atomic mass is 10.0. The molecule has 15 heavy (non-hydrogen) atoms. The fraction of sp³-hybridized carbons (Fsp3) is 0.357. The Morgan fingerprint density at radius 2 is 1.53 bits per heavy atom. The average molecular weight is 207 g/mol. The zero-order chi connectivity index (χ0) is 12.9. The lowest BCUT2D eigenvalue weighted by molar-refractivity contribution is 1.37. The molecule has 0 radical (unpaired) electrons. The second-order valence-corrected chi connectivity index (χ2v) is 2.47. The number of rotatable bonds is 3. The van der Waals surface area contributed by atoms with Gasteiger partial charge in [0.1, 0.15) is 0 Å². The predicted octanol–water partition coefficient (Wildman–Crippen LogP) is 4.59. The molecule has 86 valence electrons. The van der Waals surface area contributed by atoms with E-state index in [2.05, 4.69) is 31.3 Å². The van der Waals surface area contributed by atoms with Crippen molar-refractivity contribution in [2.45, 2.75) is 27.7 Å². The molecule has 0 unspecified atom stereocenters. The van der Waals surface area contributed by atoms with E-state index in [-0.39, 0.29) is 0 Å². The van der Waals surface area contributed by atoms with E-state index in [0.717, 1.165) is 16.7 Å². The van der Waals surface area contributed by atoms with Crippen molar-refractivity contribution < 1.29 is 0 Å². The van der Waals surface area contributed by atoms with Gasteiger partial charge in [0, 0.05) is 13.3 Å². The van der Waals surface area contributed by atoms with Gasteiger partial charge in [-0.05, 0) is 25.0 Å². The lowest BCUT2D eigenvalue weighted by Gasteiger charge is -2.02. The standard InChI is InChI=1S/C10H15N.C2H6.C2H4/c1-6-10(8(2)3)9(4)7-11-5;2*1-2/h6-7H,1-2H2,3-5H3;1-2H3;1-2H2/b10-9-,11-7?;;. The Kier molecular flexibility index (Phi) is 19.4. The summed E-state index contributed by atoms with van der Waals surface area (Å²) in [5.41, 5.74) is 3.21. The van der Waals surface area contributed by atoms with E-state index in [1.807, 2.05) is 33.9 Å². The lowest BCUT2D eigenvalue weighted by Crippen LogP contribution is -1.87. The molecule has 0 saturated heterocycles. The van der Waals surface area contributed by atoms with E-state index in [1.165, 1.54) is 0 Å². The van der Waals surface area contributed by atoms with Crippen LogP contribution in [0.25, 0.3) is 0 Å². The SMILES string of the molecule is C=C.C=C/C(C(=C)C)=C(\C)C=NC.CC.